The molecule has 0 spiro atoms. The SMILES string of the molecule is COc1ccccc1CS(=O)(=O)c1ccc(F)c(N2C(=O)Cc3csc(C(=O)O)c3C2=O)c1. The summed E-state index contributed by atoms with van der Waals surface area (Å²) in [5.41, 5.74) is -0.137. The summed E-state index contributed by atoms with van der Waals surface area (Å²) in [6, 6.07) is 9.31. The number of thiophene rings is 1. The number of ether oxygens (including phenoxy) is 1. The molecule has 33 heavy (non-hydrogen) atoms. The number of fused-ring (bicyclic) bond motifs is 1. The first-order chi connectivity index (χ1) is 15.6. The van der Waals surface area contributed by atoms with Gasteiger partial charge in [0.2, 0.25) is 5.91 Å². The molecule has 1 aliphatic heterocycles. The molecule has 2 amide bonds. The molecule has 1 N–H and O–H groups in total. The van der Waals surface area contributed by atoms with E-state index in [2.05, 4.69) is 0 Å². The molecule has 4 rings (SSSR count). The molecule has 0 saturated carbocycles. The van der Waals surface area contributed by atoms with Gasteiger partial charge in [-0.15, -0.1) is 11.3 Å². The molecule has 1 aromatic heterocycles. The van der Waals surface area contributed by atoms with Crippen LogP contribution < -0.4 is 9.64 Å². The van der Waals surface area contributed by atoms with Crippen LogP contribution in [0.25, 0.3) is 0 Å². The van der Waals surface area contributed by atoms with E-state index in [-0.39, 0.29) is 27.3 Å². The highest BCUT2D eigenvalue weighted by Crippen LogP contribution is 2.34. The largest absolute Gasteiger partial charge is 0.496 e. The third kappa shape index (κ3) is 4.00. The van der Waals surface area contributed by atoms with Crippen LogP contribution >= 0.6 is 11.3 Å². The van der Waals surface area contributed by atoms with Gasteiger partial charge in [-0.05, 0) is 35.2 Å². The number of methoxy groups -OCH3 is 1. The van der Waals surface area contributed by atoms with E-state index in [1.54, 1.807) is 24.3 Å². The molecule has 0 radical (unpaired) electrons. The van der Waals surface area contributed by atoms with Crippen LogP contribution in [0.15, 0.2) is 52.7 Å². The standard InChI is InChI=1S/C22H16FNO7S2/c1-31-17-5-3-2-4-12(17)11-33(29,30)14-6-7-15(23)16(9-14)24-18(25)8-13-10-32-20(22(27)28)19(13)21(24)26/h2-7,9-10H,8,11H2,1H3,(H,27,28). The van der Waals surface area contributed by atoms with Crippen molar-refractivity contribution in [3.8, 4) is 5.75 Å². The van der Waals surface area contributed by atoms with Crippen molar-refractivity contribution in [3.63, 3.8) is 0 Å². The van der Waals surface area contributed by atoms with E-state index in [9.17, 15) is 32.3 Å². The highest BCUT2D eigenvalue weighted by molar-refractivity contribution is 7.90. The van der Waals surface area contributed by atoms with Crippen molar-refractivity contribution >= 4 is 44.6 Å². The number of imide groups is 1. The number of halogens is 1. The van der Waals surface area contributed by atoms with Crippen LogP contribution in [0.5, 0.6) is 5.75 Å². The van der Waals surface area contributed by atoms with Gasteiger partial charge >= 0.3 is 5.97 Å². The maximum atomic E-state index is 14.7. The number of nitrogens with zero attached hydrogens (tertiary/aromatic N) is 1. The molecule has 0 bridgehead atoms. The summed E-state index contributed by atoms with van der Waals surface area (Å²) >= 11 is 0.792. The van der Waals surface area contributed by atoms with Gasteiger partial charge in [-0.1, -0.05) is 18.2 Å². The Labute approximate surface area is 191 Å². The average molecular weight is 490 g/mol. The van der Waals surface area contributed by atoms with Crippen molar-refractivity contribution in [2.75, 3.05) is 12.0 Å². The third-order valence-electron chi connectivity index (χ3n) is 5.13. The number of rotatable bonds is 6. The summed E-state index contributed by atoms with van der Waals surface area (Å²) in [6.45, 7) is 0. The molecule has 11 heteroatoms. The molecule has 0 atom stereocenters. The van der Waals surface area contributed by atoms with Crippen LogP contribution in [0, 0.1) is 5.82 Å². The average Bonchev–Trinajstić information content (AvgIpc) is 3.19. The Balaban J connectivity index is 1.76. The summed E-state index contributed by atoms with van der Waals surface area (Å²) in [5, 5.41) is 10.7. The van der Waals surface area contributed by atoms with Crippen molar-refractivity contribution in [2.24, 2.45) is 0 Å². The van der Waals surface area contributed by atoms with Gasteiger partial charge in [-0.25, -0.2) is 22.5 Å². The van der Waals surface area contributed by atoms with Crippen molar-refractivity contribution in [1.29, 1.82) is 0 Å². The number of sulfone groups is 1. The lowest BCUT2D eigenvalue weighted by Gasteiger charge is -2.26. The Morgan fingerprint density at radius 2 is 1.94 bits per heavy atom. The zero-order valence-corrected chi connectivity index (χ0v) is 18.7. The predicted molar refractivity (Wildman–Crippen MR) is 117 cm³/mol. The van der Waals surface area contributed by atoms with E-state index < -0.39 is 44.9 Å². The lowest BCUT2D eigenvalue weighted by molar-refractivity contribution is -0.117. The lowest BCUT2D eigenvalue weighted by atomic mass is 10.0. The van der Waals surface area contributed by atoms with Crippen molar-refractivity contribution < 1.29 is 37.0 Å². The Kier molecular flexibility index (Phi) is 5.76. The summed E-state index contributed by atoms with van der Waals surface area (Å²) in [7, 11) is -2.62. The number of aromatic carboxylic acids is 1. The fourth-order valence-corrected chi connectivity index (χ4v) is 5.87. The zero-order chi connectivity index (χ0) is 23.9. The van der Waals surface area contributed by atoms with E-state index >= 15 is 0 Å². The number of hydrogen-bond acceptors (Lipinski definition) is 7. The third-order valence-corrected chi connectivity index (χ3v) is 7.81. The number of anilines is 1. The second-order valence-electron chi connectivity index (χ2n) is 7.17. The van der Waals surface area contributed by atoms with Crippen LogP contribution in [-0.2, 0) is 26.8 Å². The van der Waals surface area contributed by atoms with Gasteiger partial charge < -0.3 is 9.84 Å². The van der Waals surface area contributed by atoms with E-state index in [0.29, 0.717) is 16.2 Å². The number of para-hydroxylation sites is 1. The van der Waals surface area contributed by atoms with Crippen molar-refractivity contribution in [3.05, 3.63) is 75.2 Å². The highest BCUT2D eigenvalue weighted by atomic mass is 32.2. The summed E-state index contributed by atoms with van der Waals surface area (Å²) < 4.78 is 46.0. The van der Waals surface area contributed by atoms with Crippen molar-refractivity contribution in [2.45, 2.75) is 17.1 Å². The maximum Gasteiger partial charge on any atom is 0.346 e. The summed E-state index contributed by atoms with van der Waals surface area (Å²) in [6.07, 6.45) is -0.317. The predicted octanol–water partition coefficient (Wildman–Crippen LogP) is 3.30. The fraction of sp³-hybridized carbons (Fsp3) is 0.136. The smallest absolute Gasteiger partial charge is 0.346 e. The van der Waals surface area contributed by atoms with Crippen molar-refractivity contribution in [1.82, 2.24) is 0 Å². The first-order valence-electron chi connectivity index (χ1n) is 9.49. The number of carbonyl (C=O) groups is 3. The molecule has 8 nitrogen and oxygen atoms in total. The van der Waals surface area contributed by atoms with E-state index in [1.165, 1.54) is 12.5 Å². The minimum Gasteiger partial charge on any atom is -0.496 e. The molecule has 1 aliphatic rings. The second kappa shape index (κ2) is 8.41. The monoisotopic (exact) mass is 489 g/mol. The molecule has 3 aromatic rings. The van der Waals surface area contributed by atoms with Gasteiger partial charge in [0, 0.05) is 5.56 Å². The van der Waals surface area contributed by atoms with Gasteiger partial charge in [0.25, 0.3) is 5.91 Å². The fourth-order valence-electron chi connectivity index (χ4n) is 3.59. The number of amides is 2. The molecular weight excluding hydrogens is 473 g/mol. The molecule has 0 saturated heterocycles. The minimum atomic E-state index is -4.02. The first-order valence-corrected chi connectivity index (χ1v) is 12.0. The minimum absolute atomic E-state index is 0.200. The van der Waals surface area contributed by atoms with E-state index in [0.717, 1.165) is 29.5 Å². The summed E-state index contributed by atoms with van der Waals surface area (Å²) in [4.78, 5) is 37.1. The number of benzene rings is 2. The Bertz CT molecular complexity index is 1410. The van der Waals surface area contributed by atoms with Gasteiger partial charge in [-0.3, -0.25) is 9.59 Å². The van der Waals surface area contributed by atoms with Gasteiger partial charge in [0.15, 0.2) is 9.84 Å². The van der Waals surface area contributed by atoms with Gasteiger partial charge in [-0.2, -0.15) is 0 Å². The number of carbonyl (C=O) groups excluding carboxylic acids is 2. The van der Waals surface area contributed by atoms with Gasteiger partial charge in [0.05, 0.1) is 35.4 Å². The topological polar surface area (TPSA) is 118 Å². The maximum absolute atomic E-state index is 14.7. The van der Waals surface area contributed by atoms with Crippen LogP contribution in [-0.4, -0.2) is 38.4 Å². The summed E-state index contributed by atoms with van der Waals surface area (Å²) in [5.74, 6) is -4.25. The van der Waals surface area contributed by atoms with Crippen LogP contribution in [0.3, 0.4) is 0 Å². The van der Waals surface area contributed by atoms with Crippen LogP contribution in [0.2, 0.25) is 0 Å². The number of hydrogen-bond donors (Lipinski definition) is 1. The quantitative estimate of drug-likeness (QED) is 0.417. The highest BCUT2D eigenvalue weighted by Gasteiger charge is 2.38. The second-order valence-corrected chi connectivity index (χ2v) is 10.0. The molecule has 0 unspecified atom stereocenters. The number of carboxylic acids is 1. The molecule has 0 fully saturated rings. The van der Waals surface area contributed by atoms with Crippen LogP contribution in [0.4, 0.5) is 10.1 Å². The zero-order valence-electron chi connectivity index (χ0n) is 17.1. The molecule has 0 aliphatic carbocycles. The Hall–Kier alpha value is -3.57. The lowest BCUT2D eigenvalue weighted by Crippen LogP contribution is -2.43. The Morgan fingerprint density at radius 1 is 1.21 bits per heavy atom. The molecule has 170 valence electrons. The molecular formula is C22H16FNO7S2. The first kappa shape index (κ1) is 22.6. The molecule has 2 heterocycles. The van der Waals surface area contributed by atoms with E-state index in [1.807, 2.05) is 0 Å². The number of carboxylic acid groups (broad SMARTS) is 1. The Morgan fingerprint density at radius 3 is 2.64 bits per heavy atom. The van der Waals surface area contributed by atoms with Crippen LogP contribution in [0.1, 0.15) is 31.2 Å². The molecule has 2 aromatic carbocycles. The van der Waals surface area contributed by atoms with Gasteiger partial charge in [0.1, 0.15) is 16.4 Å². The van der Waals surface area contributed by atoms with E-state index in [4.69, 9.17) is 4.74 Å². The normalized spacial score (nSPS) is 13.7.